The van der Waals surface area contributed by atoms with Gasteiger partial charge in [0, 0.05) is 22.6 Å². The molecule has 0 aliphatic carbocycles. The second kappa shape index (κ2) is 6.38. The van der Waals surface area contributed by atoms with Crippen LogP contribution in [0.5, 0.6) is 0 Å². The average molecular weight is 281 g/mol. The first-order valence-corrected chi connectivity index (χ1v) is 6.29. The number of carbonyl (C=O) groups excluding carboxylic acids is 2. The Balaban J connectivity index is 2.20. The summed E-state index contributed by atoms with van der Waals surface area (Å²) in [5.74, 6) is -0.669. The fraction of sp³-hybridized carbons (Fsp3) is 0. The van der Waals surface area contributed by atoms with Crippen LogP contribution in [0.2, 0.25) is 0 Å². The summed E-state index contributed by atoms with van der Waals surface area (Å²) in [7, 11) is 0. The normalized spacial score (nSPS) is 9.71. The molecule has 0 aliphatic rings. The Labute approximate surface area is 122 Å². The molecule has 5 nitrogen and oxygen atoms in total. The molecule has 5 heteroatoms. The van der Waals surface area contributed by atoms with Crippen molar-refractivity contribution in [3.63, 3.8) is 0 Å². The van der Waals surface area contributed by atoms with Crippen LogP contribution in [-0.4, -0.2) is 11.8 Å². The van der Waals surface area contributed by atoms with Crippen molar-refractivity contribution < 1.29 is 9.59 Å². The Kier molecular flexibility index (Phi) is 4.36. The van der Waals surface area contributed by atoms with E-state index in [-0.39, 0.29) is 11.8 Å². The smallest absolute Gasteiger partial charge is 0.255 e. The van der Waals surface area contributed by atoms with Gasteiger partial charge in [0.05, 0.1) is 0 Å². The predicted octanol–water partition coefficient (Wildman–Crippen LogP) is 2.65. The number of hydrogen-bond acceptors (Lipinski definition) is 3. The second-order valence-electron chi connectivity index (χ2n) is 4.36. The number of rotatable bonds is 4. The molecule has 0 heterocycles. The molecule has 106 valence electrons. The van der Waals surface area contributed by atoms with Gasteiger partial charge < -0.3 is 16.4 Å². The van der Waals surface area contributed by atoms with Gasteiger partial charge in [-0.15, -0.1) is 0 Å². The van der Waals surface area contributed by atoms with Gasteiger partial charge in [0.2, 0.25) is 5.91 Å². The van der Waals surface area contributed by atoms with Crippen molar-refractivity contribution in [3.8, 4) is 0 Å². The summed E-state index contributed by atoms with van der Waals surface area (Å²) in [6, 6.07) is 13.7. The summed E-state index contributed by atoms with van der Waals surface area (Å²) in [5.41, 5.74) is 7.62. The first-order chi connectivity index (χ1) is 10.1. The maximum atomic E-state index is 12.2. The molecule has 0 bridgehead atoms. The zero-order valence-electron chi connectivity index (χ0n) is 11.3. The molecule has 0 unspecified atom stereocenters. The van der Waals surface area contributed by atoms with Crippen LogP contribution in [0.4, 0.5) is 17.1 Å². The topological polar surface area (TPSA) is 84.2 Å². The molecule has 0 aliphatic heterocycles. The summed E-state index contributed by atoms with van der Waals surface area (Å²) >= 11 is 0. The monoisotopic (exact) mass is 281 g/mol. The Morgan fingerprint density at radius 2 is 1.71 bits per heavy atom. The van der Waals surface area contributed by atoms with Crippen molar-refractivity contribution in [2.24, 2.45) is 0 Å². The van der Waals surface area contributed by atoms with E-state index in [1.165, 1.54) is 0 Å². The quantitative estimate of drug-likeness (QED) is 0.595. The maximum absolute atomic E-state index is 12.2. The average Bonchev–Trinajstić information content (AvgIpc) is 2.47. The zero-order chi connectivity index (χ0) is 15.2. The molecular formula is C16H15N3O2. The highest BCUT2D eigenvalue weighted by Crippen LogP contribution is 2.18. The highest BCUT2D eigenvalue weighted by atomic mass is 16.2. The highest BCUT2D eigenvalue weighted by Gasteiger charge is 2.09. The van der Waals surface area contributed by atoms with E-state index in [2.05, 4.69) is 17.2 Å². The van der Waals surface area contributed by atoms with Gasteiger partial charge in [-0.1, -0.05) is 24.8 Å². The van der Waals surface area contributed by atoms with E-state index in [1.807, 2.05) is 18.2 Å². The molecule has 0 fully saturated rings. The van der Waals surface area contributed by atoms with Gasteiger partial charge in [0.15, 0.2) is 0 Å². The third kappa shape index (κ3) is 3.94. The Hall–Kier alpha value is -3.08. The fourth-order valence-corrected chi connectivity index (χ4v) is 1.77. The van der Waals surface area contributed by atoms with Crippen molar-refractivity contribution in [2.75, 3.05) is 16.4 Å². The molecule has 0 saturated carbocycles. The van der Waals surface area contributed by atoms with Crippen LogP contribution in [0.15, 0.2) is 61.2 Å². The van der Waals surface area contributed by atoms with E-state index in [4.69, 9.17) is 5.73 Å². The lowest BCUT2D eigenvalue weighted by Crippen LogP contribution is -2.14. The van der Waals surface area contributed by atoms with E-state index in [0.29, 0.717) is 22.6 Å². The number of nitrogens with two attached hydrogens (primary N) is 1. The van der Waals surface area contributed by atoms with E-state index in [0.717, 1.165) is 6.08 Å². The second-order valence-corrected chi connectivity index (χ2v) is 4.36. The van der Waals surface area contributed by atoms with Crippen LogP contribution < -0.4 is 16.4 Å². The fourth-order valence-electron chi connectivity index (χ4n) is 1.77. The number of nitrogen functional groups attached to an aromatic ring is 1. The van der Waals surface area contributed by atoms with E-state index in [1.54, 1.807) is 30.3 Å². The van der Waals surface area contributed by atoms with Gasteiger partial charge in [0.25, 0.3) is 5.91 Å². The van der Waals surface area contributed by atoms with Crippen LogP contribution in [0, 0.1) is 0 Å². The standard InChI is InChI=1S/C16H15N3O2/c1-2-15(20)18-14-9-11(8-12(17)10-14)16(21)19-13-6-4-3-5-7-13/h2-10H,1,17H2,(H,18,20)(H,19,21). The number of nitrogens with one attached hydrogen (secondary N) is 2. The van der Waals surface area contributed by atoms with Crippen LogP contribution in [0.1, 0.15) is 10.4 Å². The van der Waals surface area contributed by atoms with Crippen molar-refractivity contribution in [1.82, 2.24) is 0 Å². The molecule has 0 aromatic heterocycles. The molecular weight excluding hydrogens is 266 g/mol. The summed E-state index contributed by atoms with van der Waals surface area (Å²) in [5, 5.41) is 5.33. The molecule has 2 aromatic rings. The number of carbonyl (C=O) groups is 2. The van der Waals surface area contributed by atoms with Gasteiger partial charge in [-0.05, 0) is 36.4 Å². The zero-order valence-corrected chi connectivity index (χ0v) is 11.3. The summed E-state index contributed by atoms with van der Waals surface area (Å²) < 4.78 is 0. The molecule has 0 spiro atoms. The lowest BCUT2D eigenvalue weighted by Gasteiger charge is -2.09. The van der Waals surface area contributed by atoms with E-state index >= 15 is 0 Å². The summed E-state index contributed by atoms with van der Waals surface area (Å²) in [6.45, 7) is 3.37. The van der Waals surface area contributed by atoms with Crippen LogP contribution in [0.3, 0.4) is 0 Å². The number of benzene rings is 2. The Bertz CT molecular complexity index is 681. The molecule has 2 amide bonds. The van der Waals surface area contributed by atoms with Gasteiger partial charge in [0.1, 0.15) is 0 Å². The SMILES string of the molecule is C=CC(=O)Nc1cc(N)cc(C(=O)Nc2ccccc2)c1. The number of hydrogen-bond donors (Lipinski definition) is 3. The largest absolute Gasteiger partial charge is 0.399 e. The highest BCUT2D eigenvalue weighted by molar-refractivity contribution is 6.06. The third-order valence-electron chi connectivity index (χ3n) is 2.70. The minimum Gasteiger partial charge on any atom is -0.399 e. The molecule has 21 heavy (non-hydrogen) atoms. The summed E-state index contributed by atoms with van der Waals surface area (Å²) in [4.78, 5) is 23.5. The minimum atomic E-state index is -0.366. The van der Waals surface area contributed by atoms with Crippen LogP contribution in [-0.2, 0) is 4.79 Å². The number of amides is 2. The maximum Gasteiger partial charge on any atom is 0.255 e. The number of anilines is 3. The molecule has 0 radical (unpaired) electrons. The molecule has 4 N–H and O–H groups in total. The van der Waals surface area contributed by atoms with Crippen molar-refractivity contribution >= 4 is 28.9 Å². The predicted molar refractivity (Wildman–Crippen MR) is 84.1 cm³/mol. The van der Waals surface area contributed by atoms with E-state index < -0.39 is 0 Å². The first-order valence-electron chi connectivity index (χ1n) is 6.29. The van der Waals surface area contributed by atoms with E-state index in [9.17, 15) is 9.59 Å². The molecule has 2 aromatic carbocycles. The van der Waals surface area contributed by atoms with Crippen LogP contribution >= 0.6 is 0 Å². The van der Waals surface area contributed by atoms with Gasteiger partial charge in [-0.25, -0.2) is 0 Å². The van der Waals surface area contributed by atoms with Crippen molar-refractivity contribution in [2.45, 2.75) is 0 Å². The van der Waals surface area contributed by atoms with Gasteiger partial charge in [-0.2, -0.15) is 0 Å². The molecule has 0 atom stereocenters. The van der Waals surface area contributed by atoms with Gasteiger partial charge in [-0.3, -0.25) is 9.59 Å². The van der Waals surface area contributed by atoms with Gasteiger partial charge >= 0.3 is 0 Å². The molecule has 0 saturated heterocycles. The first kappa shape index (κ1) is 14.3. The lowest BCUT2D eigenvalue weighted by molar-refractivity contribution is -0.111. The third-order valence-corrected chi connectivity index (χ3v) is 2.70. The Morgan fingerprint density at radius 1 is 1.00 bits per heavy atom. The van der Waals surface area contributed by atoms with Crippen molar-refractivity contribution in [1.29, 1.82) is 0 Å². The minimum absolute atomic E-state index is 0.303. The lowest BCUT2D eigenvalue weighted by atomic mass is 10.1. The summed E-state index contributed by atoms with van der Waals surface area (Å²) in [6.07, 6.45) is 1.15. The number of para-hydroxylation sites is 1. The van der Waals surface area contributed by atoms with Crippen molar-refractivity contribution in [3.05, 3.63) is 66.7 Å². The molecule has 2 rings (SSSR count). The Morgan fingerprint density at radius 3 is 2.38 bits per heavy atom. The van der Waals surface area contributed by atoms with Crippen LogP contribution in [0.25, 0.3) is 0 Å².